The number of rotatable bonds is 5. The van der Waals surface area contributed by atoms with Crippen LogP contribution in [0.15, 0.2) is 48.5 Å². The quantitative estimate of drug-likeness (QED) is 0.901. The fourth-order valence-corrected chi connectivity index (χ4v) is 1.92. The zero-order chi connectivity index (χ0) is 14.4. The molecule has 0 aromatic heterocycles. The second kappa shape index (κ2) is 6.96. The van der Waals surface area contributed by atoms with Crippen LogP contribution >= 0.6 is 11.6 Å². The van der Waals surface area contributed by atoms with Crippen LogP contribution in [-0.4, -0.2) is 12.5 Å². The van der Waals surface area contributed by atoms with Gasteiger partial charge in [0.1, 0.15) is 5.75 Å². The molecule has 2 aromatic rings. The minimum absolute atomic E-state index is 0.120. The van der Waals surface area contributed by atoms with E-state index in [-0.39, 0.29) is 12.3 Å². The SMILES string of the molecule is Cc1cccc(OCCC(=O)Nc2ccccc2Cl)c1. The summed E-state index contributed by atoms with van der Waals surface area (Å²) in [5.41, 5.74) is 1.75. The molecule has 0 aliphatic carbocycles. The maximum Gasteiger partial charge on any atom is 0.227 e. The molecule has 2 rings (SSSR count). The van der Waals surface area contributed by atoms with Gasteiger partial charge in [0, 0.05) is 0 Å². The van der Waals surface area contributed by atoms with Crippen molar-refractivity contribution in [1.29, 1.82) is 0 Å². The van der Waals surface area contributed by atoms with Gasteiger partial charge in [-0.15, -0.1) is 0 Å². The van der Waals surface area contributed by atoms with Gasteiger partial charge in [0.2, 0.25) is 5.91 Å². The first-order chi connectivity index (χ1) is 9.65. The predicted molar refractivity (Wildman–Crippen MR) is 81.4 cm³/mol. The molecule has 0 unspecified atom stereocenters. The second-order valence-corrected chi connectivity index (χ2v) is 4.85. The number of hydrogen-bond donors (Lipinski definition) is 1. The van der Waals surface area contributed by atoms with Gasteiger partial charge in [0.05, 0.1) is 23.7 Å². The number of ether oxygens (including phenoxy) is 1. The number of amides is 1. The number of benzene rings is 2. The minimum Gasteiger partial charge on any atom is -0.493 e. The lowest BCUT2D eigenvalue weighted by Crippen LogP contribution is -2.15. The molecule has 0 spiro atoms. The Morgan fingerprint density at radius 3 is 2.75 bits per heavy atom. The van der Waals surface area contributed by atoms with Crippen molar-refractivity contribution in [2.24, 2.45) is 0 Å². The summed E-state index contributed by atoms with van der Waals surface area (Å²) in [7, 11) is 0. The monoisotopic (exact) mass is 289 g/mol. The highest BCUT2D eigenvalue weighted by Gasteiger charge is 2.05. The Balaban J connectivity index is 1.80. The van der Waals surface area contributed by atoms with Crippen molar-refractivity contribution < 1.29 is 9.53 Å². The molecular weight excluding hydrogens is 274 g/mol. The summed E-state index contributed by atoms with van der Waals surface area (Å²) < 4.78 is 5.53. The van der Waals surface area contributed by atoms with Crippen LogP contribution in [0.3, 0.4) is 0 Å². The maximum atomic E-state index is 11.8. The Bertz CT molecular complexity index is 599. The number of para-hydroxylation sites is 1. The van der Waals surface area contributed by atoms with Gasteiger partial charge in [-0.25, -0.2) is 0 Å². The van der Waals surface area contributed by atoms with Gasteiger partial charge in [0.15, 0.2) is 0 Å². The summed E-state index contributed by atoms with van der Waals surface area (Å²) in [6.45, 7) is 2.33. The van der Waals surface area contributed by atoms with Crippen LogP contribution in [-0.2, 0) is 4.79 Å². The van der Waals surface area contributed by atoms with Crippen LogP contribution in [0.5, 0.6) is 5.75 Å². The zero-order valence-electron chi connectivity index (χ0n) is 11.2. The van der Waals surface area contributed by atoms with Gasteiger partial charge in [0.25, 0.3) is 0 Å². The van der Waals surface area contributed by atoms with Crippen LogP contribution in [0, 0.1) is 6.92 Å². The van der Waals surface area contributed by atoms with E-state index in [0.717, 1.165) is 11.3 Å². The zero-order valence-corrected chi connectivity index (χ0v) is 12.0. The first-order valence-corrected chi connectivity index (χ1v) is 6.77. The molecule has 0 bridgehead atoms. The summed E-state index contributed by atoms with van der Waals surface area (Å²) in [5, 5.41) is 3.29. The Morgan fingerprint density at radius 2 is 2.00 bits per heavy atom. The highest BCUT2D eigenvalue weighted by Crippen LogP contribution is 2.20. The molecule has 1 amide bonds. The Kier molecular flexibility index (Phi) is 5.02. The van der Waals surface area contributed by atoms with E-state index >= 15 is 0 Å². The van der Waals surface area contributed by atoms with E-state index in [2.05, 4.69) is 5.32 Å². The molecule has 1 N–H and O–H groups in total. The number of anilines is 1. The summed E-state index contributed by atoms with van der Waals surface area (Å²) in [6, 6.07) is 14.9. The van der Waals surface area contributed by atoms with Crippen LogP contribution in [0.4, 0.5) is 5.69 Å². The smallest absolute Gasteiger partial charge is 0.227 e. The molecule has 0 heterocycles. The van der Waals surface area contributed by atoms with Crippen molar-refractivity contribution in [3.63, 3.8) is 0 Å². The van der Waals surface area contributed by atoms with Gasteiger partial charge < -0.3 is 10.1 Å². The highest BCUT2D eigenvalue weighted by molar-refractivity contribution is 6.33. The van der Waals surface area contributed by atoms with Crippen LogP contribution < -0.4 is 10.1 Å². The van der Waals surface area contributed by atoms with Crippen molar-refractivity contribution in [1.82, 2.24) is 0 Å². The van der Waals surface area contributed by atoms with Gasteiger partial charge in [-0.2, -0.15) is 0 Å². The molecule has 0 aliphatic rings. The average Bonchev–Trinajstić information content (AvgIpc) is 2.41. The van der Waals surface area contributed by atoms with E-state index in [1.54, 1.807) is 12.1 Å². The largest absolute Gasteiger partial charge is 0.493 e. The normalized spacial score (nSPS) is 10.1. The molecule has 3 nitrogen and oxygen atoms in total. The van der Waals surface area contributed by atoms with E-state index in [9.17, 15) is 4.79 Å². The Labute approximate surface area is 123 Å². The van der Waals surface area contributed by atoms with Crippen molar-refractivity contribution in [2.45, 2.75) is 13.3 Å². The first-order valence-electron chi connectivity index (χ1n) is 6.39. The van der Waals surface area contributed by atoms with Crippen LogP contribution in [0.1, 0.15) is 12.0 Å². The number of nitrogens with one attached hydrogen (secondary N) is 1. The number of hydrogen-bond acceptors (Lipinski definition) is 2. The van der Waals surface area contributed by atoms with E-state index in [1.807, 2.05) is 43.3 Å². The molecule has 0 saturated carbocycles. The van der Waals surface area contributed by atoms with E-state index in [4.69, 9.17) is 16.3 Å². The molecule has 0 saturated heterocycles. The third kappa shape index (κ3) is 4.28. The fourth-order valence-electron chi connectivity index (χ4n) is 1.74. The third-order valence-electron chi connectivity index (χ3n) is 2.74. The Hall–Kier alpha value is -2.00. The lowest BCUT2D eigenvalue weighted by molar-refractivity contribution is -0.116. The average molecular weight is 290 g/mol. The van der Waals surface area contributed by atoms with Crippen molar-refractivity contribution in [3.8, 4) is 5.75 Å². The van der Waals surface area contributed by atoms with E-state index in [1.165, 1.54) is 0 Å². The standard InChI is InChI=1S/C16H16ClNO2/c1-12-5-4-6-13(11-12)20-10-9-16(19)18-15-8-3-2-7-14(15)17/h2-8,11H,9-10H2,1H3,(H,18,19). The van der Waals surface area contributed by atoms with Gasteiger partial charge in [-0.3, -0.25) is 4.79 Å². The van der Waals surface area contributed by atoms with Crippen molar-refractivity contribution in [3.05, 3.63) is 59.1 Å². The molecule has 2 aromatic carbocycles. The minimum atomic E-state index is -0.120. The lowest BCUT2D eigenvalue weighted by Gasteiger charge is -2.08. The number of carbonyl (C=O) groups excluding carboxylic acids is 1. The molecule has 104 valence electrons. The number of carbonyl (C=O) groups is 1. The topological polar surface area (TPSA) is 38.3 Å². The van der Waals surface area contributed by atoms with Gasteiger partial charge in [-0.05, 0) is 36.8 Å². The molecule has 4 heteroatoms. The van der Waals surface area contributed by atoms with Gasteiger partial charge in [-0.1, -0.05) is 35.9 Å². The molecule has 20 heavy (non-hydrogen) atoms. The number of aryl methyl sites for hydroxylation is 1. The maximum absolute atomic E-state index is 11.8. The molecule has 0 atom stereocenters. The van der Waals surface area contributed by atoms with Crippen molar-refractivity contribution in [2.75, 3.05) is 11.9 Å². The van der Waals surface area contributed by atoms with E-state index < -0.39 is 0 Å². The fraction of sp³-hybridized carbons (Fsp3) is 0.188. The summed E-state index contributed by atoms with van der Waals surface area (Å²) in [6.07, 6.45) is 0.277. The highest BCUT2D eigenvalue weighted by atomic mass is 35.5. The third-order valence-corrected chi connectivity index (χ3v) is 3.06. The molecule has 0 radical (unpaired) electrons. The van der Waals surface area contributed by atoms with Crippen LogP contribution in [0.2, 0.25) is 5.02 Å². The Morgan fingerprint density at radius 1 is 1.20 bits per heavy atom. The van der Waals surface area contributed by atoms with E-state index in [0.29, 0.717) is 17.3 Å². The predicted octanol–water partition coefficient (Wildman–Crippen LogP) is 4.06. The molecule has 0 aliphatic heterocycles. The second-order valence-electron chi connectivity index (χ2n) is 4.44. The van der Waals surface area contributed by atoms with Crippen molar-refractivity contribution >= 4 is 23.2 Å². The summed E-state index contributed by atoms with van der Waals surface area (Å²) in [5.74, 6) is 0.654. The van der Waals surface area contributed by atoms with Gasteiger partial charge >= 0.3 is 0 Å². The first kappa shape index (κ1) is 14.4. The molecule has 0 fully saturated rings. The molecular formula is C16H16ClNO2. The summed E-state index contributed by atoms with van der Waals surface area (Å²) in [4.78, 5) is 11.8. The summed E-state index contributed by atoms with van der Waals surface area (Å²) >= 11 is 5.97. The van der Waals surface area contributed by atoms with Crippen LogP contribution in [0.25, 0.3) is 0 Å². The lowest BCUT2D eigenvalue weighted by atomic mass is 10.2. The number of halogens is 1.